The lowest BCUT2D eigenvalue weighted by Crippen LogP contribution is -2.40. The van der Waals surface area contributed by atoms with Crippen LogP contribution in [0.2, 0.25) is 0 Å². The number of aliphatic hydroxyl groups is 1. The van der Waals surface area contributed by atoms with Crippen LogP contribution in [0.3, 0.4) is 0 Å². The van der Waals surface area contributed by atoms with Crippen LogP contribution >= 0.6 is 0 Å². The first kappa shape index (κ1) is 15.5. The minimum Gasteiger partial charge on any atom is -0.388 e. The van der Waals surface area contributed by atoms with Gasteiger partial charge in [0.2, 0.25) is 0 Å². The molecule has 0 heterocycles. The molecule has 2 rings (SSSR count). The first-order chi connectivity index (χ1) is 9.48. The maximum atomic E-state index is 10.8. The molecule has 1 aromatic carbocycles. The molecule has 0 spiro atoms. The fourth-order valence-electron chi connectivity index (χ4n) is 3.57. The third-order valence-electron chi connectivity index (χ3n) is 5.35. The molecule has 20 heavy (non-hydrogen) atoms. The second-order valence-corrected chi connectivity index (χ2v) is 6.96. The summed E-state index contributed by atoms with van der Waals surface area (Å²) in [5.41, 5.74) is 8.19. The second-order valence-electron chi connectivity index (χ2n) is 6.96. The van der Waals surface area contributed by atoms with Crippen molar-refractivity contribution >= 4 is 0 Å². The van der Waals surface area contributed by atoms with E-state index in [1.807, 2.05) is 12.1 Å². The molecule has 2 heteroatoms. The Morgan fingerprint density at radius 1 is 1.20 bits per heavy atom. The van der Waals surface area contributed by atoms with Crippen molar-refractivity contribution < 1.29 is 5.11 Å². The van der Waals surface area contributed by atoms with Crippen LogP contribution in [-0.2, 0) is 0 Å². The lowest BCUT2D eigenvalue weighted by molar-refractivity contribution is -0.0148. The Morgan fingerprint density at radius 2 is 1.75 bits per heavy atom. The summed E-state index contributed by atoms with van der Waals surface area (Å²) in [6, 6.07) is 8.24. The maximum Gasteiger partial charge on any atom is 0.0858 e. The molecular formula is C18H29NO. The SMILES string of the molecule is Cc1ccc(C(O)C2(CN)CCC(C(C)C)CC2)cc1. The largest absolute Gasteiger partial charge is 0.388 e. The molecule has 0 amide bonds. The molecule has 1 aromatic rings. The molecule has 0 aromatic heterocycles. The third-order valence-corrected chi connectivity index (χ3v) is 5.35. The highest BCUT2D eigenvalue weighted by atomic mass is 16.3. The predicted octanol–water partition coefficient (Wildman–Crippen LogP) is 3.82. The Labute approximate surface area is 123 Å². The zero-order chi connectivity index (χ0) is 14.8. The standard InChI is InChI=1S/C18H29NO/c1-13(2)15-8-10-18(12-19,11-9-15)17(20)16-6-4-14(3)5-7-16/h4-7,13,15,17,20H,8-12,19H2,1-3H3. The van der Waals surface area contributed by atoms with E-state index in [0.29, 0.717) is 6.54 Å². The fourth-order valence-corrected chi connectivity index (χ4v) is 3.57. The van der Waals surface area contributed by atoms with E-state index >= 15 is 0 Å². The van der Waals surface area contributed by atoms with E-state index in [4.69, 9.17) is 5.73 Å². The highest BCUT2D eigenvalue weighted by Crippen LogP contribution is 2.48. The third kappa shape index (κ3) is 3.07. The van der Waals surface area contributed by atoms with Crippen LogP contribution < -0.4 is 5.73 Å². The molecule has 2 nitrogen and oxygen atoms in total. The Morgan fingerprint density at radius 3 is 2.20 bits per heavy atom. The summed E-state index contributed by atoms with van der Waals surface area (Å²) >= 11 is 0. The van der Waals surface area contributed by atoms with Crippen molar-refractivity contribution in [2.24, 2.45) is 23.0 Å². The lowest BCUT2D eigenvalue weighted by Gasteiger charge is -2.44. The average Bonchev–Trinajstić information content (AvgIpc) is 2.47. The van der Waals surface area contributed by atoms with Crippen LogP contribution in [0.4, 0.5) is 0 Å². The van der Waals surface area contributed by atoms with Crippen molar-refractivity contribution in [1.82, 2.24) is 0 Å². The van der Waals surface area contributed by atoms with E-state index in [1.54, 1.807) is 0 Å². The minimum atomic E-state index is -0.429. The molecule has 1 aliphatic rings. The van der Waals surface area contributed by atoms with E-state index in [1.165, 1.54) is 18.4 Å². The molecular weight excluding hydrogens is 246 g/mol. The zero-order valence-corrected chi connectivity index (χ0v) is 13.1. The molecule has 0 bridgehead atoms. The van der Waals surface area contributed by atoms with Crippen molar-refractivity contribution in [3.63, 3.8) is 0 Å². The monoisotopic (exact) mass is 275 g/mol. The van der Waals surface area contributed by atoms with Crippen LogP contribution in [0.15, 0.2) is 24.3 Å². The molecule has 0 aliphatic heterocycles. The molecule has 1 atom stereocenters. The van der Waals surface area contributed by atoms with Crippen molar-refractivity contribution in [3.8, 4) is 0 Å². The molecule has 1 saturated carbocycles. The van der Waals surface area contributed by atoms with Gasteiger partial charge < -0.3 is 10.8 Å². The van der Waals surface area contributed by atoms with Crippen molar-refractivity contribution in [2.75, 3.05) is 6.54 Å². The van der Waals surface area contributed by atoms with Gasteiger partial charge in [0.25, 0.3) is 0 Å². The van der Waals surface area contributed by atoms with E-state index in [-0.39, 0.29) is 5.41 Å². The van der Waals surface area contributed by atoms with Crippen LogP contribution in [0, 0.1) is 24.2 Å². The summed E-state index contributed by atoms with van der Waals surface area (Å²) in [6.07, 6.45) is 4.04. The van der Waals surface area contributed by atoms with Gasteiger partial charge in [-0.3, -0.25) is 0 Å². The van der Waals surface area contributed by atoms with Gasteiger partial charge in [-0.25, -0.2) is 0 Å². The summed E-state index contributed by atoms with van der Waals surface area (Å²) < 4.78 is 0. The van der Waals surface area contributed by atoms with E-state index in [0.717, 1.165) is 30.2 Å². The van der Waals surface area contributed by atoms with E-state index in [9.17, 15) is 5.11 Å². The summed E-state index contributed by atoms with van der Waals surface area (Å²) in [6.45, 7) is 7.25. The smallest absolute Gasteiger partial charge is 0.0858 e. The Balaban J connectivity index is 2.13. The maximum absolute atomic E-state index is 10.8. The highest BCUT2D eigenvalue weighted by molar-refractivity contribution is 5.25. The summed E-state index contributed by atoms with van der Waals surface area (Å²) in [5.74, 6) is 1.53. The summed E-state index contributed by atoms with van der Waals surface area (Å²) in [4.78, 5) is 0. The first-order valence-electron chi connectivity index (χ1n) is 7.93. The highest BCUT2D eigenvalue weighted by Gasteiger charge is 2.41. The Kier molecular flexibility index (Phi) is 4.87. The topological polar surface area (TPSA) is 46.2 Å². The molecule has 112 valence electrons. The number of aliphatic hydroxyl groups excluding tert-OH is 1. The Bertz CT molecular complexity index is 416. The number of rotatable bonds is 4. The quantitative estimate of drug-likeness (QED) is 0.877. The minimum absolute atomic E-state index is 0.124. The number of nitrogens with two attached hydrogens (primary N) is 1. The van der Waals surface area contributed by atoms with Crippen LogP contribution in [0.1, 0.15) is 56.8 Å². The molecule has 1 aliphatic carbocycles. The van der Waals surface area contributed by atoms with Crippen molar-refractivity contribution in [1.29, 1.82) is 0 Å². The molecule has 0 radical (unpaired) electrons. The van der Waals surface area contributed by atoms with Crippen LogP contribution in [0.25, 0.3) is 0 Å². The molecule has 1 fully saturated rings. The zero-order valence-electron chi connectivity index (χ0n) is 13.1. The van der Waals surface area contributed by atoms with Crippen LogP contribution in [-0.4, -0.2) is 11.7 Å². The van der Waals surface area contributed by atoms with Gasteiger partial charge in [0.15, 0.2) is 0 Å². The van der Waals surface area contributed by atoms with Crippen molar-refractivity contribution in [2.45, 2.75) is 52.6 Å². The predicted molar refractivity (Wildman–Crippen MR) is 84.4 cm³/mol. The van der Waals surface area contributed by atoms with Crippen molar-refractivity contribution in [3.05, 3.63) is 35.4 Å². The van der Waals surface area contributed by atoms with Crippen LogP contribution in [0.5, 0.6) is 0 Å². The van der Waals surface area contributed by atoms with E-state index < -0.39 is 6.10 Å². The number of benzene rings is 1. The molecule has 1 unspecified atom stereocenters. The van der Waals surface area contributed by atoms with Gasteiger partial charge >= 0.3 is 0 Å². The van der Waals surface area contributed by atoms with Gasteiger partial charge in [0.1, 0.15) is 0 Å². The average molecular weight is 275 g/mol. The fraction of sp³-hybridized carbons (Fsp3) is 0.667. The lowest BCUT2D eigenvalue weighted by atomic mass is 9.64. The van der Waals surface area contributed by atoms with Gasteiger partial charge in [0.05, 0.1) is 6.10 Å². The van der Waals surface area contributed by atoms with Gasteiger partial charge in [0, 0.05) is 12.0 Å². The normalized spacial score (nSPS) is 28.6. The van der Waals surface area contributed by atoms with Gasteiger partial charge in [-0.1, -0.05) is 43.7 Å². The summed E-state index contributed by atoms with van der Waals surface area (Å²) in [5, 5.41) is 10.8. The molecule has 0 saturated heterocycles. The first-order valence-corrected chi connectivity index (χ1v) is 7.93. The number of hydrogen-bond acceptors (Lipinski definition) is 2. The van der Waals surface area contributed by atoms with Gasteiger partial charge in [-0.15, -0.1) is 0 Å². The number of aryl methyl sites for hydroxylation is 1. The number of hydrogen-bond donors (Lipinski definition) is 2. The van der Waals surface area contributed by atoms with Gasteiger partial charge in [-0.2, -0.15) is 0 Å². The van der Waals surface area contributed by atoms with E-state index in [2.05, 4.69) is 32.9 Å². The van der Waals surface area contributed by atoms with Gasteiger partial charge in [-0.05, 0) is 50.0 Å². The second kappa shape index (κ2) is 6.28. The summed E-state index contributed by atoms with van der Waals surface area (Å²) in [7, 11) is 0. The molecule has 3 N–H and O–H groups in total. The Hall–Kier alpha value is -0.860.